The number of rotatable bonds is 3. The molecular weight excluding hydrogens is 150 g/mol. The van der Waals surface area contributed by atoms with Gasteiger partial charge in [0, 0.05) is 18.7 Å². The zero-order valence-corrected chi connectivity index (χ0v) is 7.48. The first-order valence-electron chi connectivity index (χ1n) is 4.61. The van der Waals surface area contributed by atoms with Crippen molar-refractivity contribution in [1.29, 1.82) is 0 Å². The molecule has 2 rings (SSSR count). The van der Waals surface area contributed by atoms with Gasteiger partial charge in [0.15, 0.2) is 0 Å². The first kappa shape index (κ1) is 7.80. The molecule has 0 amide bonds. The maximum absolute atomic E-state index is 4.31. The van der Waals surface area contributed by atoms with Gasteiger partial charge >= 0.3 is 0 Å². The zero-order chi connectivity index (χ0) is 8.39. The highest BCUT2D eigenvalue weighted by molar-refractivity contribution is 5.29. The third-order valence-electron chi connectivity index (χ3n) is 2.50. The van der Waals surface area contributed by atoms with Crippen molar-refractivity contribution in [2.45, 2.75) is 25.7 Å². The molecule has 12 heavy (non-hydrogen) atoms. The third-order valence-corrected chi connectivity index (χ3v) is 2.50. The van der Waals surface area contributed by atoms with Gasteiger partial charge in [0.25, 0.3) is 0 Å². The van der Waals surface area contributed by atoms with E-state index in [-0.39, 0.29) is 0 Å². The molecule has 2 N–H and O–H groups in total. The van der Waals surface area contributed by atoms with Crippen LogP contribution in [-0.2, 0) is 19.3 Å². The minimum Gasteiger partial charge on any atom is -0.319 e. The van der Waals surface area contributed by atoms with E-state index in [4.69, 9.17) is 0 Å². The van der Waals surface area contributed by atoms with Crippen LogP contribution in [0.5, 0.6) is 0 Å². The highest BCUT2D eigenvalue weighted by Crippen LogP contribution is 2.22. The molecule has 3 nitrogen and oxygen atoms in total. The van der Waals surface area contributed by atoms with Crippen molar-refractivity contribution < 1.29 is 0 Å². The minimum atomic E-state index is 1.03. The second-order valence-electron chi connectivity index (χ2n) is 3.33. The molecule has 1 heterocycles. The van der Waals surface area contributed by atoms with Crippen molar-refractivity contribution in [3.8, 4) is 0 Å². The van der Waals surface area contributed by atoms with Crippen LogP contribution in [0.1, 0.15) is 23.4 Å². The highest BCUT2D eigenvalue weighted by Gasteiger charge is 2.17. The quantitative estimate of drug-likeness (QED) is 0.690. The Morgan fingerprint density at radius 2 is 2.42 bits per heavy atom. The fraction of sp³-hybridized carbons (Fsp3) is 0.667. The van der Waals surface area contributed by atoms with E-state index in [2.05, 4.69) is 15.5 Å². The summed E-state index contributed by atoms with van der Waals surface area (Å²) in [6, 6.07) is 0. The Labute approximate surface area is 72.6 Å². The van der Waals surface area contributed by atoms with Crippen LogP contribution >= 0.6 is 0 Å². The molecule has 0 saturated heterocycles. The molecule has 1 aromatic heterocycles. The number of H-pyrrole nitrogens is 1. The lowest BCUT2D eigenvalue weighted by molar-refractivity contribution is 0.757. The summed E-state index contributed by atoms with van der Waals surface area (Å²) in [4.78, 5) is 0. The lowest BCUT2D eigenvalue weighted by Gasteiger charge is -1.97. The predicted molar refractivity (Wildman–Crippen MR) is 48.2 cm³/mol. The van der Waals surface area contributed by atoms with E-state index in [0.717, 1.165) is 13.0 Å². The van der Waals surface area contributed by atoms with Crippen LogP contribution in [0.4, 0.5) is 0 Å². The van der Waals surface area contributed by atoms with Gasteiger partial charge in [-0.1, -0.05) is 0 Å². The first-order chi connectivity index (χ1) is 5.92. The smallest absolute Gasteiger partial charge is 0.0669 e. The molecule has 0 unspecified atom stereocenters. The molecule has 0 fully saturated rings. The number of nitrogens with one attached hydrogen (secondary N) is 2. The largest absolute Gasteiger partial charge is 0.319 e. The van der Waals surface area contributed by atoms with Gasteiger partial charge in [-0.2, -0.15) is 5.10 Å². The Kier molecular flexibility index (Phi) is 2.13. The molecule has 0 radical (unpaired) electrons. The van der Waals surface area contributed by atoms with Crippen molar-refractivity contribution in [1.82, 2.24) is 15.5 Å². The molecule has 3 heteroatoms. The van der Waals surface area contributed by atoms with E-state index < -0.39 is 0 Å². The van der Waals surface area contributed by atoms with Gasteiger partial charge in [0.1, 0.15) is 0 Å². The fourth-order valence-corrected chi connectivity index (χ4v) is 1.84. The average Bonchev–Trinajstić information content (AvgIpc) is 2.62. The number of aryl methyl sites for hydroxylation is 1. The van der Waals surface area contributed by atoms with Gasteiger partial charge in [0.2, 0.25) is 0 Å². The van der Waals surface area contributed by atoms with Crippen LogP contribution in [0.3, 0.4) is 0 Å². The Balaban J connectivity index is 2.11. The maximum atomic E-state index is 4.31. The molecule has 0 spiro atoms. The van der Waals surface area contributed by atoms with E-state index in [0.29, 0.717) is 0 Å². The van der Waals surface area contributed by atoms with Crippen molar-refractivity contribution >= 4 is 0 Å². The van der Waals surface area contributed by atoms with E-state index in [1.54, 1.807) is 0 Å². The molecular formula is C9H15N3. The number of nitrogens with zero attached hydrogens (tertiary/aromatic N) is 1. The molecule has 0 atom stereocenters. The fourth-order valence-electron chi connectivity index (χ4n) is 1.84. The topological polar surface area (TPSA) is 40.7 Å². The highest BCUT2D eigenvalue weighted by atomic mass is 15.1. The number of likely N-dealkylation sites (N-methyl/N-ethyl adjacent to an activating group) is 1. The van der Waals surface area contributed by atoms with Crippen LogP contribution in [-0.4, -0.2) is 23.8 Å². The SMILES string of the molecule is CNCCc1n[nH]c2c1CCC2. The van der Waals surface area contributed by atoms with Crippen LogP contribution in [0.25, 0.3) is 0 Å². The number of hydrogen-bond donors (Lipinski definition) is 2. The molecule has 1 aromatic rings. The number of aromatic amines is 1. The third kappa shape index (κ3) is 1.25. The number of hydrogen-bond acceptors (Lipinski definition) is 2. The number of aromatic nitrogens is 2. The first-order valence-corrected chi connectivity index (χ1v) is 4.61. The van der Waals surface area contributed by atoms with E-state index in [1.807, 2.05) is 7.05 Å². The molecule has 0 saturated carbocycles. The van der Waals surface area contributed by atoms with Gasteiger partial charge in [-0.05, 0) is 31.9 Å². The van der Waals surface area contributed by atoms with Crippen LogP contribution in [0.2, 0.25) is 0 Å². The van der Waals surface area contributed by atoms with Crippen LogP contribution < -0.4 is 5.32 Å². The Morgan fingerprint density at radius 3 is 3.25 bits per heavy atom. The Morgan fingerprint density at radius 1 is 1.50 bits per heavy atom. The van der Waals surface area contributed by atoms with E-state index in [1.165, 1.54) is 36.2 Å². The molecule has 1 aliphatic carbocycles. The second-order valence-corrected chi connectivity index (χ2v) is 3.33. The molecule has 66 valence electrons. The van der Waals surface area contributed by atoms with Crippen molar-refractivity contribution in [3.05, 3.63) is 17.0 Å². The second kappa shape index (κ2) is 3.27. The summed E-state index contributed by atoms with van der Waals surface area (Å²) in [6.45, 7) is 1.03. The number of fused-ring (bicyclic) bond motifs is 1. The summed E-state index contributed by atoms with van der Waals surface area (Å²) in [7, 11) is 1.98. The van der Waals surface area contributed by atoms with Crippen molar-refractivity contribution in [2.75, 3.05) is 13.6 Å². The molecule has 0 aliphatic heterocycles. The van der Waals surface area contributed by atoms with Gasteiger partial charge in [0.05, 0.1) is 5.69 Å². The summed E-state index contributed by atoms with van der Waals surface area (Å²) < 4.78 is 0. The monoisotopic (exact) mass is 165 g/mol. The minimum absolute atomic E-state index is 1.03. The van der Waals surface area contributed by atoms with Crippen molar-refractivity contribution in [3.63, 3.8) is 0 Å². The summed E-state index contributed by atoms with van der Waals surface area (Å²) in [5.41, 5.74) is 4.14. The summed E-state index contributed by atoms with van der Waals surface area (Å²) in [6.07, 6.45) is 4.78. The Bertz CT molecular complexity index is 265. The lowest BCUT2D eigenvalue weighted by atomic mass is 10.1. The maximum Gasteiger partial charge on any atom is 0.0669 e. The van der Waals surface area contributed by atoms with Crippen molar-refractivity contribution in [2.24, 2.45) is 0 Å². The van der Waals surface area contributed by atoms with Gasteiger partial charge < -0.3 is 5.32 Å². The normalized spacial score (nSPS) is 15.1. The van der Waals surface area contributed by atoms with Crippen LogP contribution in [0, 0.1) is 0 Å². The average molecular weight is 165 g/mol. The standard InChI is InChI=1S/C9H15N3/c1-10-6-5-9-7-3-2-4-8(7)11-12-9/h10H,2-6H2,1H3,(H,11,12). The van der Waals surface area contributed by atoms with E-state index >= 15 is 0 Å². The van der Waals surface area contributed by atoms with Gasteiger partial charge in [-0.15, -0.1) is 0 Å². The van der Waals surface area contributed by atoms with Gasteiger partial charge in [-0.3, -0.25) is 5.10 Å². The summed E-state index contributed by atoms with van der Waals surface area (Å²) >= 11 is 0. The van der Waals surface area contributed by atoms with Gasteiger partial charge in [-0.25, -0.2) is 0 Å². The summed E-state index contributed by atoms with van der Waals surface area (Å²) in [5.74, 6) is 0. The Hall–Kier alpha value is -0.830. The zero-order valence-electron chi connectivity index (χ0n) is 7.48. The lowest BCUT2D eigenvalue weighted by Crippen LogP contribution is -2.11. The predicted octanol–water partition coefficient (Wildman–Crippen LogP) is 0.660. The molecule has 0 aromatic carbocycles. The molecule has 1 aliphatic rings. The molecule has 0 bridgehead atoms. The van der Waals surface area contributed by atoms with Crippen LogP contribution in [0.15, 0.2) is 0 Å². The van der Waals surface area contributed by atoms with E-state index in [9.17, 15) is 0 Å². The summed E-state index contributed by atoms with van der Waals surface area (Å²) in [5, 5.41) is 10.6.